The summed E-state index contributed by atoms with van der Waals surface area (Å²) in [5.41, 5.74) is 1.93. The second-order valence-corrected chi connectivity index (χ2v) is 6.12. The van der Waals surface area contributed by atoms with E-state index in [1.54, 1.807) is 18.1 Å². The molecule has 3 rings (SSSR count). The second-order valence-electron chi connectivity index (χ2n) is 5.56. The first-order chi connectivity index (χ1) is 12.0. The molecule has 1 aromatic heterocycles. The van der Waals surface area contributed by atoms with Crippen LogP contribution in [0.1, 0.15) is 34.1 Å². The number of carbonyl (C=O) groups is 2. The predicted octanol–water partition coefficient (Wildman–Crippen LogP) is 1.77. The van der Waals surface area contributed by atoms with Gasteiger partial charge in [-0.1, -0.05) is 0 Å². The summed E-state index contributed by atoms with van der Waals surface area (Å²) in [7, 11) is 3.07. The number of carboxylic acids is 1. The van der Waals surface area contributed by atoms with E-state index in [1.165, 1.54) is 13.3 Å². The number of nitrogens with zero attached hydrogens (tertiary/aromatic N) is 3. The maximum atomic E-state index is 12.7. The molecule has 2 aromatic rings. The number of fused-ring (bicyclic) bond motifs is 1. The molecule has 8 nitrogen and oxygen atoms in total. The Labute approximate surface area is 148 Å². The minimum Gasteiger partial charge on any atom is -0.493 e. The zero-order chi connectivity index (χ0) is 18.0. The summed E-state index contributed by atoms with van der Waals surface area (Å²) in [5.74, 6) is -0.220. The van der Waals surface area contributed by atoms with Crippen LogP contribution in [0.15, 0.2) is 18.3 Å². The predicted molar refractivity (Wildman–Crippen MR) is 89.2 cm³/mol. The molecule has 1 aliphatic heterocycles. The third-order valence-corrected chi connectivity index (χ3v) is 4.69. The van der Waals surface area contributed by atoms with Gasteiger partial charge in [-0.15, -0.1) is 0 Å². The van der Waals surface area contributed by atoms with Crippen LogP contribution in [0, 0.1) is 0 Å². The second kappa shape index (κ2) is 7.06. The van der Waals surface area contributed by atoms with E-state index in [4.69, 9.17) is 9.47 Å². The van der Waals surface area contributed by atoms with Crippen molar-refractivity contribution in [1.82, 2.24) is 13.6 Å². The highest BCUT2D eigenvalue weighted by Gasteiger charge is 2.34. The summed E-state index contributed by atoms with van der Waals surface area (Å²) in [6.07, 6.45) is 1.79. The number of amides is 1. The highest BCUT2D eigenvalue weighted by molar-refractivity contribution is 6.99. The molecule has 9 heteroatoms. The van der Waals surface area contributed by atoms with Crippen molar-refractivity contribution >= 4 is 23.6 Å². The minimum atomic E-state index is -0.984. The van der Waals surface area contributed by atoms with E-state index in [2.05, 4.69) is 8.75 Å². The third kappa shape index (κ3) is 3.27. The Morgan fingerprint density at radius 3 is 2.64 bits per heavy atom. The number of ether oxygens (including phenoxy) is 2. The van der Waals surface area contributed by atoms with Crippen molar-refractivity contribution in [2.24, 2.45) is 0 Å². The molecule has 0 fully saturated rings. The Bertz CT molecular complexity index is 793. The Balaban J connectivity index is 2.04. The van der Waals surface area contributed by atoms with Gasteiger partial charge in [0, 0.05) is 6.54 Å². The molecule has 1 aromatic carbocycles. The van der Waals surface area contributed by atoms with E-state index in [1.807, 2.05) is 6.07 Å². The lowest BCUT2D eigenvalue weighted by molar-refractivity contribution is -0.138. The van der Waals surface area contributed by atoms with E-state index in [0.29, 0.717) is 24.5 Å². The Morgan fingerprint density at radius 1 is 1.32 bits per heavy atom. The number of aromatic nitrogens is 2. The van der Waals surface area contributed by atoms with Gasteiger partial charge in [0.05, 0.1) is 44.6 Å². The first-order valence-electron chi connectivity index (χ1n) is 7.60. The van der Waals surface area contributed by atoms with Crippen molar-refractivity contribution in [3.05, 3.63) is 35.2 Å². The molecule has 132 valence electrons. The van der Waals surface area contributed by atoms with Crippen molar-refractivity contribution in [1.29, 1.82) is 0 Å². The number of methoxy groups -OCH3 is 2. The molecule has 0 radical (unpaired) electrons. The summed E-state index contributed by atoms with van der Waals surface area (Å²) in [6.45, 7) is 0.400. The molecule has 0 saturated heterocycles. The molecule has 0 spiro atoms. The largest absolute Gasteiger partial charge is 0.493 e. The van der Waals surface area contributed by atoms with Gasteiger partial charge in [-0.25, -0.2) is 0 Å². The van der Waals surface area contributed by atoms with Gasteiger partial charge in [0.1, 0.15) is 0 Å². The molecule has 1 amide bonds. The summed E-state index contributed by atoms with van der Waals surface area (Å²) in [4.78, 5) is 25.7. The molecule has 0 aliphatic carbocycles. The fourth-order valence-electron chi connectivity index (χ4n) is 3.06. The maximum absolute atomic E-state index is 12.7. The minimum absolute atomic E-state index is 0.203. The molecule has 1 atom stereocenters. The van der Waals surface area contributed by atoms with Gasteiger partial charge in [-0.3, -0.25) is 9.59 Å². The lowest BCUT2D eigenvalue weighted by Crippen LogP contribution is -2.41. The number of hydrogen-bond acceptors (Lipinski definition) is 7. The average Bonchev–Trinajstić information content (AvgIpc) is 3.14. The van der Waals surface area contributed by atoms with Gasteiger partial charge >= 0.3 is 5.97 Å². The van der Waals surface area contributed by atoms with E-state index in [9.17, 15) is 14.7 Å². The van der Waals surface area contributed by atoms with Crippen molar-refractivity contribution in [2.75, 3.05) is 20.8 Å². The number of carbonyl (C=O) groups excluding carboxylic acids is 1. The average molecular weight is 363 g/mol. The first-order valence-corrected chi connectivity index (χ1v) is 8.33. The quantitative estimate of drug-likeness (QED) is 0.864. The lowest BCUT2D eigenvalue weighted by Gasteiger charge is -2.36. The third-order valence-electron chi connectivity index (χ3n) is 4.21. The van der Waals surface area contributed by atoms with Gasteiger partial charge in [0.25, 0.3) is 5.91 Å². The van der Waals surface area contributed by atoms with Crippen molar-refractivity contribution in [3.8, 4) is 11.5 Å². The number of benzene rings is 1. The zero-order valence-corrected chi connectivity index (χ0v) is 14.6. The van der Waals surface area contributed by atoms with Gasteiger partial charge in [-0.2, -0.15) is 8.75 Å². The lowest BCUT2D eigenvalue weighted by atomic mass is 9.89. The number of carboxylic acid groups (broad SMARTS) is 1. The normalized spacial score (nSPS) is 16.2. The smallest absolute Gasteiger partial charge is 0.305 e. The fraction of sp³-hybridized carbons (Fsp3) is 0.375. The van der Waals surface area contributed by atoms with E-state index in [-0.39, 0.29) is 18.0 Å². The van der Waals surface area contributed by atoms with Crippen LogP contribution in [0.25, 0.3) is 0 Å². The zero-order valence-electron chi connectivity index (χ0n) is 13.8. The number of rotatable bonds is 5. The highest BCUT2D eigenvalue weighted by atomic mass is 32.1. The topological polar surface area (TPSA) is 102 Å². The van der Waals surface area contributed by atoms with Gasteiger partial charge < -0.3 is 19.5 Å². The number of aliphatic carboxylic acids is 1. The van der Waals surface area contributed by atoms with Gasteiger partial charge in [0.15, 0.2) is 17.2 Å². The summed E-state index contributed by atoms with van der Waals surface area (Å²) in [5, 5.41) is 9.33. The van der Waals surface area contributed by atoms with Crippen LogP contribution >= 0.6 is 11.7 Å². The van der Waals surface area contributed by atoms with E-state index in [0.717, 1.165) is 22.9 Å². The summed E-state index contributed by atoms with van der Waals surface area (Å²) in [6, 6.07) is 2.99. The molecule has 1 aliphatic rings. The molecule has 0 saturated carbocycles. The maximum Gasteiger partial charge on any atom is 0.305 e. The SMILES string of the molecule is COc1cc2c(cc1OC)C(CC(=O)O)N(C(=O)c1cnsn1)CC2. The molecule has 0 bridgehead atoms. The monoisotopic (exact) mass is 363 g/mol. The Morgan fingerprint density at radius 2 is 2.04 bits per heavy atom. The van der Waals surface area contributed by atoms with Crippen LogP contribution in [-0.2, 0) is 11.2 Å². The summed E-state index contributed by atoms with van der Waals surface area (Å²) >= 11 is 0.943. The van der Waals surface area contributed by atoms with E-state index < -0.39 is 12.0 Å². The van der Waals surface area contributed by atoms with Crippen LogP contribution in [0.2, 0.25) is 0 Å². The highest BCUT2D eigenvalue weighted by Crippen LogP contribution is 2.39. The standard InChI is InChI=1S/C16H17N3O5S/c1-23-13-5-9-3-4-19(16(22)11-8-17-25-18-11)12(7-15(20)21)10(9)6-14(13)24-2/h5-6,8,12H,3-4,7H2,1-2H3,(H,20,21). The summed E-state index contributed by atoms with van der Waals surface area (Å²) < 4.78 is 18.5. The molecule has 25 heavy (non-hydrogen) atoms. The van der Waals surface area contributed by atoms with Crippen LogP contribution in [0.3, 0.4) is 0 Å². The first kappa shape index (κ1) is 17.2. The molecule has 1 unspecified atom stereocenters. The van der Waals surface area contributed by atoms with Crippen LogP contribution in [0.4, 0.5) is 0 Å². The van der Waals surface area contributed by atoms with E-state index >= 15 is 0 Å². The molecule has 2 heterocycles. The van der Waals surface area contributed by atoms with Gasteiger partial charge in [0.2, 0.25) is 0 Å². The molecule has 1 N–H and O–H groups in total. The van der Waals surface area contributed by atoms with Crippen molar-refractivity contribution < 1.29 is 24.2 Å². The number of hydrogen-bond donors (Lipinski definition) is 1. The molecular formula is C16H17N3O5S. The van der Waals surface area contributed by atoms with Crippen molar-refractivity contribution in [3.63, 3.8) is 0 Å². The van der Waals surface area contributed by atoms with Crippen molar-refractivity contribution in [2.45, 2.75) is 18.9 Å². The van der Waals surface area contributed by atoms with Crippen LogP contribution in [0.5, 0.6) is 11.5 Å². The van der Waals surface area contributed by atoms with Crippen LogP contribution in [-0.4, -0.2) is 51.4 Å². The Kier molecular flexibility index (Phi) is 4.84. The van der Waals surface area contributed by atoms with Gasteiger partial charge in [-0.05, 0) is 29.7 Å². The Hall–Kier alpha value is -2.68. The molecular weight excluding hydrogens is 346 g/mol. The van der Waals surface area contributed by atoms with Crippen LogP contribution < -0.4 is 9.47 Å². The fourth-order valence-corrected chi connectivity index (χ4v) is 3.47.